The fraction of sp³-hybridized carbons (Fsp3) is 0.588. The number of hydrogen-bond acceptors (Lipinski definition) is 3. The fourth-order valence-corrected chi connectivity index (χ4v) is 3.04. The van der Waals surface area contributed by atoms with Gasteiger partial charge in [-0.1, -0.05) is 43.3 Å². The highest BCUT2D eigenvalue weighted by molar-refractivity contribution is 5.85. The van der Waals surface area contributed by atoms with Gasteiger partial charge in [-0.3, -0.25) is 0 Å². The van der Waals surface area contributed by atoms with Crippen molar-refractivity contribution in [2.45, 2.75) is 52.0 Å². The lowest BCUT2D eigenvalue weighted by Gasteiger charge is -2.27. The Labute approximate surface area is 127 Å². The van der Waals surface area contributed by atoms with E-state index in [1.807, 2.05) is 13.8 Å². The summed E-state index contributed by atoms with van der Waals surface area (Å²) in [7, 11) is 0. The normalized spacial score (nSPS) is 19.3. The van der Waals surface area contributed by atoms with Crippen LogP contribution >= 0.6 is 0 Å². The molecule has 4 heteroatoms. The molecule has 0 radical (unpaired) electrons. The van der Waals surface area contributed by atoms with Crippen LogP contribution in [0.2, 0.25) is 0 Å². The van der Waals surface area contributed by atoms with Crippen molar-refractivity contribution in [3.63, 3.8) is 0 Å². The number of benzene rings is 1. The second kappa shape index (κ2) is 6.94. The lowest BCUT2D eigenvalue weighted by Crippen LogP contribution is -2.33. The van der Waals surface area contributed by atoms with Gasteiger partial charge >= 0.3 is 0 Å². The Kier molecular flexibility index (Phi) is 5.23. The van der Waals surface area contributed by atoms with Crippen molar-refractivity contribution in [1.29, 1.82) is 0 Å². The van der Waals surface area contributed by atoms with Crippen LogP contribution in [0.1, 0.15) is 56.7 Å². The number of fused-ring (bicyclic) bond motifs is 1. The zero-order valence-corrected chi connectivity index (χ0v) is 13.1. The molecule has 0 spiro atoms. The van der Waals surface area contributed by atoms with Crippen molar-refractivity contribution in [2.24, 2.45) is 16.3 Å². The Balaban J connectivity index is 1.83. The molecular weight excluding hydrogens is 262 g/mol. The molecule has 1 aliphatic carbocycles. The maximum Gasteiger partial charge on any atom is 0.144 e. The zero-order valence-electron chi connectivity index (χ0n) is 13.1. The Morgan fingerprint density at radius 2 is 2.19 bits per heavy atom. The molecular formula is C17H27N3O. The molecule has 0 amide bonds. The van der Waals surface area contributed by atoms with Gasteiger partial charge in [-0.2, -0.15) is 0 Å². The first-order chi connectivity index (χ1) is 10.0. The average Bonchev–Trinajstić information content (AvgIpc) is 2.50. The third-order valence-electron chi connectivity index (χ3n) is 4.54. The topological polar surface area (TPSA) is 70.6 Å². The molecule has 21 heavy (non-hydrogen) atoms. The minimum atomic E-state index is -0.249. The van der Waals surface area contributed by atoms with Crippen LogP contribution < -0.4 is 11.1 Å². The van der Waals surface area contributed by atoms with Crippen molar-refractivity contribution >= 4 is 5.84 Å². The Bertz CT molecular complexity index is 497. The van der Waals surface area contributed by atoms with E-state index in [1.54, 1.807) is 0 Å². The predicted molar refractivity (Wildman–Crippen MR) is 86.5 cm³/mol. The van der Waals surface area contributed by atoms with Crippen LogP contribution in [-0.4, -0.2) is 17.6 Å². The number of hydrogen-bond donors (Lipinski definition) is 3. The van der Waals surface area contributed by atoms with Gasteiger partial charge in [0.2, 0.25) is 0 Å². The Hall–Kier alpha value is -1.55. The van der Waals surface area contributed by atoms with Crippen LogP contribution in [0.15, 0.2) is 29.4 Å². The lowest BCUT2D eigenvalue weighted by molar-refractivity contribution is 0.304. The quantitative estimate of drug-likeness (QED) is 0.248. The van der Waals surface area contributed by atoms with Crippen LogP contribution in [0, 0.1) is 5.41 Å². The highest BCUT2D eigenvalue weighted by atomic mass is 16.4. The van der Waals surface area contributed by atoms with Gasteiger partial charge < -0.3 is 16.3 Å². The predicted octanol–water partition coefficient (Wildman–Crippen LogP) is 3.21. The van der Waals surface area contributed by atoms with E-state index in [0.717, 1.165) is 19.4 Å². The summed E-state index contributed by atoms with van der Waals surface area (Å²) in [5.41, 5.74) is 8.41. The van der Waals surface area contributed by atoms with Crippen molar-refractivity contribution in [1.82, 2.24) is 5.32 Å². The molecule has 0 bridgehead atoms. The van der Waals surface area contributed by atoms with Crippen LogP contribution in [0.3, 0.4) is 0 Å². The first-order valence-electron chi connectivity index (χ1n) is 7.84. The minimum absolute atomic E-state index is 0.249. The smallest absolute Gasteiger partial charge is 0.144 e. The number of oxime groups is 1. The fourth-order valence-electron chi connectivity index (χ4n) is 3.04. The third kappa shape index (κ3) is 3.97. The van der Waals surface area contributed by atoms with Gasteiger partial charge in [0, 0.05) is 11.5 Å². The number of amidine groups is 1. The number of nitrogens with zero attached hydrogens (tertiary/aromatic N) is 1. The molecule has 4 N–H and O–H groups in total. The molecule has 2 rings (SSSR count). The number of rotatable bonds is 6. The highest BCUT2D eigenvalue weighted by Gasteiger charge is 2.23. The van der Waals surface area contributed by atoms with Crippen molar-refractivity contribution < 1.29 is 5.21 Å². The second-order valence-electron chi connectivity index (χ2n) is 6.57. The summed E-state index contributed by atoms with van der Waals surface area (Å²) in [5, 5.41) is 15.6. The van der Waals surface area contributed by atoms with E-state index < -0.39 is 0 Å². The molecule has 0 saturated carbocycles. The SMILES string of the molecule is CC(C)(CCCNC1CCCc2ccccc21)C(N)=NO. The summed E-state index contributed by atoms with van der Waals surface area (Å²) >= 11 is 0. The molecule has 1 aliphatic rings. The van der Waals surface area contributed by atoms with Crippen LogP contribution in [0.25, 0.3) is 0 Å². The third-order valence-corrected chi connectivity index (χ3v) is 4.54. The second-order valence-corrected chi connectivity index (χ2v) is 6.57. The zero-order chi connectivity index (χ0) is 15.3. The van der Waals surface area contributed by atoms with E-state index in [2.05, 4.69) is 34.7 Å². The molecule has 0 aromatic heterocycles. The van der Waals surface area contributed by atoms with E-state index in [4.69, 9.17) is 10.9 Å². The standard InChI is InChI=1S/C17H27N3O/c1-17(2,16(18)20-21)11-6-12-19-15-10-5-8-13-7-3-4-9-14(13)15/h3-4,7,9,15,19,21H,5-6,8,10-12H2,1-2H3,(H2,18,20). The van der Waals surface area contributed by atoms with Gasteiger partial charge in [-0.05, 0) is 49.8 Å². The average molecular weight is 289 g/mol. The molecule has 0 aliphatic heterocycles. The van der Waals surface area contributed by atoms with Gasteiger partial charge in [-0.15, -0.1) is 0 Å². The number of nitrogens with two attached hydrogens (primary N) is 1. The lowest BCUT2D eigenvalue weighted by atomic mass is 9.86. The molecule has 0 saturated heterocycles. The highest BCUT2D eigenvalue weighted by Crippen LogP contribution is 2.29. The van der Waals surface area contributed by atoms with Gasteiger partial charge in [0.05, 0.1) is 0 Å². The molecule has 0 heterocycles. The summed E-state index contributed by atoms with van der Waals surface area (Å²) < 4.78 is 0. The van der Waals surface area contributed by atoms with Crippen LogP contribution in [0.5, 0.6) is 0 Å². The van der Waals surface area contributed by atoms with Gasteiger partial charge in [0.1, 0.15) is 5.84 Å². The summed E-state index contributed by atoms with van der Waals surface area (Å²) in [5.74, 6) is 0.311. The number of aryl methyl sites for hydroxylation is 1. The maximum atomic E-state index is 8.79. The molecule has 1 unspecified atom stereocenters. The summed E-state index contributed by atoms with van der Waals surface area (Å²) in [6.45, 7) is 4.98. The van der Waals surface area contributed by atoms with Crippen molar-refractivity contribution in [3.8, 4) is 0 Å². The van der Waals surface area contributed by atoms with E-state index in [0.29, 0.717) is 11.9 Å². The number of nitrogens with one attached hydrogen (secondary N) is 1. The first kappa shape index (κ1) is 15.8. The molecule has 1 aromatic rings. The summed E-state index contributed by atoms with van der Waals surface area (Å²) in [4.78, 5) is 0. The Morgan fingerprint density at radius 1 is 1.43 bits per heavy atom. The molecule has 116 valence electrons. The maximum absolute atomic E-state index is 8.79. The van der Waals surface area contributed by atoms with E-state index in [9.17, 15) is 0 Å². The summed E-state index contributed by atoms with van der Waals surface area (Å²) in [6.07, 6.45) is 5.59. The molecule has 4 nitrogen and oxygen atoms in total. The molecule has 1 atom stereocenters. The van der Waals surface area contributed by atoms with E-state index in [-0.39, 0.29) is 5.41 Å². The van der Waals surface area contributed by atoms with E-state index in [1.165, 1.54) is 30.4 Å². The monoisotopic (exact) mass is 289 g/mol. The minimum Gasteiger partial charge on any atom is -0.409 e. The first-order valence-corrected chi connectivity index (χ1v) is 7.84. The molecule has 0 fully saturated rings. The summed E-state index contributed by atoms with van der Waals surface area (Å²) in [6, 6.07) is 9.21. The van der Waals surface area contributed by atoms with Crippen molar-refractivity contribution in [3.05, 3.63) is 35.4 Å². The van der Waals surface area contributed by atoms with Gasteiger partial charge in [0.15, 0.2) is 0 Å². The largest absolute Gasteiger partial charge is 0.409 e. The van der Waals surface area contributed by atoms with Crippen molar-refractivity contribution in [2.75, 3.05) is 6.54 Å². The Morgan fingerprint density at radius 3 is 2.95 bits per heavy atom. The van der Waals surface area contributed by atoms with Gasteiger partial charge in [-0.25, -0.2) is 0 Å². The van der Waals surface area contributed by atoms with E-state index >= 15 is 0 Å². The van der Waals surface area contributed by atoms with Gasteiger partial charge in [0.25, 0.3) is 0 Å². The molecule has 1 aromatic carbocycles. The van der Waals surface area contributed by atoms with Crippen LogP contribution in [0.4, 0.5) is 0 Å². The van der Waals surface area contributed by atoms with Crippen LogP contribution in [-0.2, 0) is 6.42 Å².